The first kappa shape index (κ1) is 16.8. The number of amidine groups is 1. The van der Waals surface area contributed by atoms with Crippen LogP contribution in [-0.4, -0.2) is 21.0 Å². The number of nitrogens with one attached hydrogen (secondary N) is 1. The lowest BCUT2D eigenvalue weighted by Crippen LogP contribution is -2.18. The van der Waals surface area contributed by atoms with Gasteiger partial charge in [-0.25, -0.2) is 4.98 Å². The molecule has 0 radical (unpaired) electrons. The number of aliphatic imine (C=N–C) groups is 1. The molecular weight excluding hydrogens is 368 g/mol. The summed E-state index contributed by atoms with van der Waals surface area (Å²) in [5, 5.41) is 4.39. The van der Waals surface area contributed by atoms with Crippen LogP contribution in [0.4, 0.5) is 0 Å². The Kier molecular flexibility index (Phi) is 4.69. The SMILES string of the molecule is O=C1N=C(NCc2ccccc2Cl)S/C1=C\c1ccc2ncccc2n1. The van der Waals surface area contributed by atoms with Gasteiger partial charge in [0.25, 0.3) is 5.91 Å². The van der Waals surface area contributed by atoms with E-state index in [9.17, 15) is 4.79 Å². The van der Waals surface area contributed by atoms with Gasteiger partial charge in [0, 0.05) is 17.8 Å². The average molecular weight is 381 g/mol. The van der Waals surface area contributed by atoms with E-state index in [1.54, 1.807) is 12.3 Å². The number of carbonyl (C=O) groups is 1. The van der Waals surface area contributed by atoms with Crippen LogP contribution in [0.2, 0.25) is 5.02 Å². The van der Waals surface area contributed by atoms with Gasteiger partial charge in [-0.15, -0.1) is 0 Å². The molecule has 1 N–H and O–H groups in total. The smallest absolute Gasteiger partial charge is 0.286 e. The van der Waals surface area contributed by atoms with Crippen molar-refractivity contribution in [3.8, 4) is 0 Å². The van der Waals surface area contributed by atoms with Crippen molar-refractivity contribution in [1.82, 2.24) is 15.3 Å². The molecule has 0 fully saturated rings. The molecule has 0 bridgehead atoms. The Balaban J connectivity index is 1.48. The third-order valence-corrected chi connectivity index (χ3v) is 5.08. The van der Waals surface area contributed by atoms with E-state index in [4.69, 9.17) is 11.6 Å². The minimum absolute atomic E-state index is 0.273. The third kappa shape index (κ3) is 3.61. The fourth-order valence-corrected chi connectivity index (χ4v) is 3.48. The number of carbonyl (C=O) groups excluding carboxylic acids is 1. The van der Waals surface area contributed by atoms with E-state index in [0.717, 1.165) is 16.6 Å². The topological polar surface area (TPSA) is 67.2 Å². The first-order chi connectivity index (χ1) is 12.7. The molecule has 1 aliphatic rings. The van der Waals surface area contributed by atoms with Crippen molar-refractivity contribution in [2.45, 2.75) is 6.54 Å². The molecule has 0 aliphatic carbocycles. The van der Waals surface area contributed by atoms with Gasteiger partial charge in [-0.2, -0.15) is 4.99 Å². The lowest BCUT2D eigenvalue weighted by Gasteiger charge is -2.06. The Bertz CT molecular complexity index is 1060. The second-order valence-corrected chi connectivity index (χ2v) is 6.99. The van der Waals surface area contributed by atoms with Gasteiger partial charge in [0.05, 0.1) is 21.6 Å². The molecule has 0 saturated carbocycles. The number of aromatic nitrogens is 2. The highest BCUT2D eigenvalue weighted by molar-refractivity contribution is 8.18. The maximum absolute atomic E-state index is 12.1. The Hall–Kier alpha value is -2.70. The maximum Gasteiger partial charge on any atom is 0.286 e. The molecule has 1 amide bonds. The summed E-state index contributed by atoms with van der Waals surface area (Å²) in [4.78, 5) is 25.5. The van der Waals surface area contributed by atoms with Gasteiger partial charge in [0.1, 0.15) is 0 Å². The summed E-state index contributed by atoms with van der Waals surface area (Å²) in [6.45, 7) is 0.506. The van der Waals surface area contributed by atoms with Crippen LogP contribution in [0.15, 0.2) is 64.6 Å². The van der Waals surface area contributed by atoms with Gasteiger partial charge >= 0.3 is 0 Å². The molecule has 0 spiro atoms. The molecule has 2 aromatic heterocycles. The molecule has 0 saturated heterocycles. The Labute approximate surface area is 159 Å². The number of nitrogens with zero attached hydrogens (tertiary/aromatic N) is 3. The molecule has 4 rings (SSSR count). The number of fused-ring (bicyclic) bond motifs is 1. The largest absolute Gasteiger partial charge is 0.360 e. The Morgan fingerprint density at radius 2 is 1.96 bits per heavy atom. The number of thioether (sulfide) groups is 1. The second kappa shape index (κ2) is 7.27. The minimum atomic E-state index is -0.273. The molecule has 3 heterocycles. The van der Waals surface area contributed by atoms with Crippen LogP contribution < -0.4 is 5.32 Å². The number of pyridine rings is 2. The van der Waals surface area contributed by atoms with Crippen molar-refractivity contribution in [2.24, 2.45) is 4.99 Å². The first-order valence-corrected chi connectivity index (χ1v) is 9.10. The van der Waals surface area contributed by atoms with Gasteiger partial charge in [0.15, 0.2) is 5.17 Å². The number of benzene rings is 1. The van der Waals surface area contributed by atoms with Crippen LogP contribution in [0, 0.1) is 0 Å². The monoisotopic (exact) mass is 380 g/mol. The number of hydrogen-bond donors (Lipinski definition) is 1. The molecule has 0 atom stereocenters. The van der Waals surface area contributed by atoms with Crippen molar-refractivity contribution in [3.63, 3.8) is 0 Å². The van der Waals surface area contributed by atoms with Crippen LogP contribution in [-0.2, 0) is 11.3 Å². The average Bonchev–Trinajstić information content (AvgIpc) is 3.00. The fraction of sp³-hybridized carbons (Fsp3) is 0.0526. The maximum atomic E-state index is 12.1. The fourth-order valence-electron chi connectivity index (χ4n) is 2.48. The van der Waals surface area contributed by atoms with E-state index < -0.39 is 0 Å². The normalized spacial score (nSPS) is 15.5. The van der Waals surface area contributed by atoms with E-state index in [-0.39, 0.29) is 5.91 Å². The van der Waals surface area contributed by atoms with E-state index >= 15 is 0 Å². The zero-order chi connectivity index (χ0) is 17.9. The van der Waals surface area contributed by atoms with Gasteiger partial charge in [-0.3, -0.25) is 9.78 Å². The van der Waals surface area contributed by atoms with E-state index in [1.165, 1.54) is 11.8 Å². The number of amides is 1. The van der Waals surface area contributed by atoms with Crippen LogP contribution in [0.5, 0.6) is 0 Å². The lowest BCUT2D eigenvalue weighted by molar-refractivity contribution is -0.113. The van der Waals surface area contributed by atoms with Crippen molar-refractivity contribution < 1.29 is 4.79 Å². The highest BCUT2D eigenvalue weighted by Gasteiger charge is 2.22. The lowest BCUT2D eigenvalue weighted by atomic mass is 10.2. The second-order valence-electron chi connectivity index (χ2n) is 5.56. The summed E-state index contributed by atoms with van der Waals surface area (Å²) in [6, 6.07) is 15.0. The zero-order valence-corrected chi connectivity index (χ0v) is 15.1. The van der Waals surface area contributed by atoms with Crippen molar-refractivity contribution in [1.29, 1.82) is 0 Å². The molecule has 0 unspecified atom stereocenters. The van der Waals surface area contributed by atoms with E-state index in [2.05, 4.69) is 20.3 Å². The highest BCUT2D eigenvalue weighted by atomic mass is 35.5. The minimum Gasteiger partial charge on any atom is -0.360 e. The number of hydrogen-bond acceptors (Lipinski definition) is 5. The van der Waals surface area contributed by atoms with Crippen molar-refractivity contribution in [3.05, 3.63) is 75.9 Å². The Morgan fingerprint density at radius 3 is 2.85 bits per heavy atom. The van der Waals surface area contributed by atoms with Gasteiger partial charge in [-0.05, 0) is 53.7 Å². The van der Waals surface area contributed by atoms with E-state index in [0.29, 0.717) is 27.3 Å². The molecule has 3 aromatic rings. The van der Waals surface area contributed by atoms with Crippen LogP contribution in [0.25, 0.3) is 17.1 Å². The molecule has 1 aliphatic heterocycles. The third-order valence-electron chi connectivity index (χ3n) is 3.77. The molecule has 128 valence electrons. The zero-order valence-electron chi connectivity index (χ0n) is 13.5. The highest BCUT2D eigenvalue weighted by Crippen LogP contribution is 2.28. The molecule has 26 heavy (non-hydrogen) atoms. The van der Waals surface area contributed by atoms with Crippen molar-refractivity contribution in [2.75, 3.05) is 0 Å². The summed E-state index contributed by atoms with van der Waals surface area (Å²) in [5.74, 6) is -0.273. The number of halogens is 1. The predicted molar refractivity (Wildman–Crippen MR) is 106 cm³/mol. The summed E-state index contributed by atoms with van der Waals surface area (Å²) in [7, 11) is 0. The number of rotatable bonds is 3. The molecule has 5 nitrogen and oxygen atoms in total. The molecule has 7 heteroatoms. The summed E-state index contributed by atoms with van der Waals surface area (Å²) in [5.41, 5.74) is 3.25. The Morgan fingerprint density at radius 1 is 1.08 bits per heavy atom. The van der Waals surface area contributed by atoms with Gasteiger partial charge < -0.3 is 5.32 Å². The van der Waals surface area contributed by atoms with Crippen LogP contribution in [0.1, 0.15) is 11.3 Å². The van der Waals surface area contributed by atoms with Crippen molar-refractivity contribution >= 4 is 51.5 Å². The van der Waals surface area contributed by atoms with Crippen LogP contribution in [0.3, 0.4) is 0 Å². The standard InChI is InChI=1S/C19H13ClN4OS/c20-14-5-2-1-4-12(14)11-22-19-24-18(25)17(26-19)10-13-7-8-15-16(23-13)6-3-9-21-15/h1-10H,11H2,(H,22,24,25)/b17-10-. The molecule has 1 aromatic carbocycles. The summed E-state index contributed by atoms with van der Waals surface area (Å²) in [6.07, 6.45) is 3.47. The first-order valence-electron chi connectivity index (χ1n) is 7.91. The quantitative estimate of drug-likeness (QED) is 0.694. The summed E-state index contributed by atoms with van der Waals surface area (Å²) >= 11 is 7.44. The predicted octanol–water partition coefficient (Wildman–Crippen LogP) is 4.04. The van der Waals surface area contributed by atoms with E-state index in [1.807, 2.05) is 48.5 Å². The van der Waals surface area contributed by atoms with Crippen LogP contribution >= 0.6 is 23.4 Å². The molecular formula is C19H13ClN4OS. The van der Waals surface area contributed by atoms with Gasteiger partial charge in [0.2, 0.25) is 0 Å². The summed E-state index contributed by atoms with van der Waals surface area (Å²) < 4.78 is 0. The van der Waals surface area contributed by atoms with Gasteiger partial charge in [-0.1, -0.05) is 29.8 Å².